The average molecular weight is 439 g/mol. The Bertz CT molecular complexity index is 755. The summed E-state index contributed by atoms with van der Waals surface area (Å²) >= 11 is 6.41. The Morgan fingerprint density at radius 2 is 1.54 bits per heavy atom. The zero-order valence-corrected chi connectivity index (χ0v) is 14.8. The van der Waals surface area contributed by atoms with Crippen LogP contribution in [0.15, 0.2) is 39.6 Å². The molecule has 0 aliphatic rings. The number of nitrogens with one attached hydrogen (secondary N) is 1. The molecule has 1 N–H and O–H groups in total. The fourth-order valence-corrected chi connectivity index (χ4v) is 2.50. The van der Waals surface area contributed by atoms with Crippen LogP contribution in [0.4, 0.5) is 26.3 Å². The second-order valence-corrected chi connectivity index (χ2v) is 6.50. The first-order valence-corrected chi connectivity index (χ1v) is 8.72. The van der Waals surface area contributed by atoms with Crippen LogP contribution in [0.1, 0.15) is 0 Å². The molecule has 0 saturated carbocycles. The van der Waals surface area contributed by atoms with Crippen LogP contribution in [-0.4, -0.2) is 43.8 Å². The Labute approximate surface area is 156 Å². The highest BCUT2D eigenvalue weighted by Gasteiger charge is 2.28. The van der Waals surface area contributed by atoms with Gasteiger partial charge >= 0.3 is 12.4 Å². The largest absolute Gasteiger partial charge is 0.398 e. The van der Waals surface area contributed by atoms with Crippen molar-refractivity contribution >= 4 is 35.1 Å². The fourth-order valence-electron chi connectivity index (χ4n) is 1.11. The molecule has 0 bridgehead atoms. The fraction of sp³-hybridized carbons (Fsp3) is 0.333. The van der Waals surface area contributed by atoms with Gasteiger partial charge in [-0.25, -0.2) is 15.0 Å². The van der Waals surface area contributed by atoms with Crippen molar-refractivity contribution in [1.82, 2.24) is 19.9 Å². The molecule has 2 aromatic heterocycles. The van der Waals surface area contributed by atoms with E-state index in [9.17, 15) is 31.1 Å². The number of aromatic nitrogens is 4. The maximum atomic E-state index is 11.7. The number of alkyl halides is 6. The van der Waals surface area contributed by atoms with E-state index in [1.807, 2.05) is 0 Å². The molecule has 14 heteroatoms. The summed E-state index contributed by atoms with van der Waals surface area (Å²) in [4.78, 5) is 23.6. The lowest BCUT2D eigenvalue weighted by Crippen LogP contribution is -2.12. The summed E-state index contributed by atoms with van der Waals surface area (Å²) in [5, 5.41) is 0.148. The molecule has 5 nitrogen and oxygen atoms in total. The topological polar surface area (TPSA) is 71.5 Å². The monoisotopic (exact) mass is 438 g/mol. The van der Waals surface area contributed by atoms with E-state index in [0.717, 1.165) is 12.3 Å². The number of thioether (sulfide) groups is 2. The van der Waals surface area contributed by atoms with E-state index in [1.165, 1.54) is 12.3 Å². The molecule has 0 aliphatic carbocycles. The number of hydrogen-bond donors (Lipinski definition) is 1. The van der Waals surface area contributed by atoms with Crippen LogP contribution in [-0.2, 0) is 0 Å². The lowest BCUT2D eigenvalue weighted by atomic mass is 10.7. The number of nitrogens with zero attached hydrogens (tertiary/aromatic N) is 3. The van der Waals surface area contributed by atoms with Crippen LogP contribution in [0.3, 0.4) is 0 Å². The second kappa shape index (κ2) is 10.0. The van der Waals surface area contributed by atoms with Crippen LogP contribution in [0.25, 0.3) is 0 Å². The number of H-pyrrole nitrogens is 1. The molecule has 2 aromatic rings. The molecule has 26 heavy (non-hydrogen) atoms. The molecule has 0 aliphatic heterocycles. The van der Waals surface area contributed by atoms with Crippen LogP contribution in [0, 0.1) is 0 Å². The molecule has 144 valence electrons. The first-order valence-electron chi connectivity index (χ1n) is 6.37. The standard InChI is InChI=1S/C6H4ClF3N2S.C6H5F3N2OS/c7-4-1-2-11-5(12-4)13-3-6(8,9)10;7-6(8,9)3-13-5-10-2-1-4(12)11-5/h1-2H,3H2;1-2H,3H2,(H,10,11,12). The summed E-state index contributed by atoms with van der Waals surface area (Å²) in [6.45, 7) is 0. The molecule has 0 radical (unpaired) electrons. The Kier molecular flexibility index (Phi) is 8.70. The molecule has 0 fully saturated rings. The maximum Gasteiger partial charge on any atom is 0.398 e. The van der Waals surface area contributed by atoms with E-state index in [0.29, 0.717) is 23.5 Å². The second-order valence-electron chi connectivity index (χ2n) is 4.21. The highest BCUT2D eigenvalue weighted by atomic mass is 35.5. The van der Waals surface area contributed by atoms with E-state index in [4.69, 9.17) is 11.6 Å². The number of hydrogen-bond acceptors (Lipinski definition) is 6. The third kappa shape index (κ3) is 11.2. The number of aromatic amines is 1. The highest BCUT2D eigenvalue weighted by molar-refractivity contribution is 7.99. The zero-order chi connectivity index (χ0) is 19.8. The van der Waals surface area contributed by atoms with Gasteiger partial charge in [0.2, 0.25) is 0 Å². The molecule has 0 amide bonds. The first-order chi connectivity index (χ1) is 11.9. The maximum absolute atomic E-state index is 11.7. The lowest BCUT2D eigenvalue weighted by molar-refractivity contribution is -0.106. The van der Waals surface area contributed by atoms with Gasteiger partial charge in [-0.15, -0.1) is 0 Å². The molecular formula is C12H9ClF6N4OS2. The Morgan fingerprint density at radius 1 is 0.962 bits per heavy atom. The summed E-state index contributed by atoms with van der Waals surface area (Å²) in [5.74, 6) is -2.06. The summed E-state index contributed by atoms with van der Waals surface area (Å²) in [6.07, 6.45) is -5.99. The van der Waals surface area contributed by atoms with Crippen LogP contribution >= 0.6 is 35.1 Å². The Morgan fingerprint density at radius 3 is 2.08 bits per heavy atom. The van der Waals surface area contributed by atoms with Crippen molar-refractivity contribution in [2.24, 2.45) is 0 Å². The molecule has 0 unspecified atom stereocenters. The highest BCUT2D eigenvalue weighted by Crippen LogP contribution is 2.25. The van der Waals surface area contributed by atoms with Gasteiger partial charge in [-0.1, -0.05) is 35.1 Å². The van der Waals surface area contributed by atoms with Gasteiger partial charge in [0.15, 0.2) is 10.3 Å². The van der Waals surface area contributed by atoms with Gasteiger partial charge in [0, 0.05) is 18.5 Å². The van der Waals surface area contributed by atoms with Crippen molar-refractivity contribution < 1.29 is 26.3 Å². The van der Waals surface area contributed by atoms with Crippen molar-refractivity contribution in [3.8, 4) is 0 Å². The first kappa shape index (κ1) is 22.6. The van der Waals surface area contributed by atoms with Gasteiger partial charge in [-0.2, -0.15) is 26.3 Å². The predicted molar refractivity (Wildman–Crippen MR) is 85.5 cm³/mol. The van der Waals surface area contributed by atoms with Crippen LogP contribution < -0.4 is 5.56 Å². The van der Waals surface area contributed by atoms with Gasteiger partial charge in [-0.3, -0.25) is 4.79 Å². The molecule has 2 rings (SSSR count). The summed E-state index contributed by atoms with van der Waals surface area (Å²) in [6, 6.07) is 2.54. The van der Waals surface area contributed by atoms with Gasteiger partial charge in [0.25, 0.3) is 5.56 Å². The zero-order valence-electron chi connectivity index (χ0n) is 12.4. The SMILES string of the molecule is FC(F)(F)CSc1nccc(Cl)n1.O=c1ccnc(SCC(F)(F)F)[nH]1. The summed E-state index contributed by atoms with van der Waals surface area (Å²) in [7, 11) is 0. The minimum atomic E-state index is -4.25. The summed E-state index contributed by atoms with van der Waals surface area (Å²) in [5.41, 5.74) is -0.459. The van der Waals surface area contributed by atoms with Crippen LogP contribution in [0.5, 0.6) is 0 Å². The third-order valence-corrected chi connectivity index (χ3v) is 4.07. The van der Waals surface area contributed by atoms with Gasteiger partial charge in [0.1, 0.15) is 5.15 Å². The molecule has 0 saturated heterocycles. The minimum Gasteiger partial charge on any atom is -0.301 e. The average Bonchev–Trinajstić information content (AvgIpc) is 2.51. The van der Waals surface area contributed by atoms with Crippen molar-refractivity contribution in [1.29, 1.82) is 0 Å². The molecule has 0 spiro atoms. The Balaban J connectivity index is 0.000000260. The van der Waals surface area contributed by atoms with E-state index in [2.05, 4.69) is 19.9 Å². The number of halogens is 7. The molecule has 2 heterocycles. The van der Waals surface area contributed by atoms with Gasteiger partial charge < -0.3 is 4.98 Å². The smallest absolute Gasteiger partial charge is 0.301 e. The molecule has 0 aromatic carbocycles. The predicted octanol–water partition coefficient (Wildman–Crippen LogP) is 4.21. The van der Waals surface area contributed by atoms with E-state index < -0.39 is 29.4 Å². The molecular weight excluding hydrogens is 430 g/mol. The van der Waals surface area contributed by atoms with Gasteiger partial charge in [-0.05, 0) is 6.07 Å². The van der Waals surface area contributed by atoms with Crippen molar-refractivity contribution in [2.75, 3.05) is 11.5 Å². The van der Waals surface area contributed by atoms with Crippen LogP contribution in [0.2, 0.25) is 5.15 Å². The normalized spacial score (nSPS) is 11.7. The van der Waals surface area contributed by atoms with Crippen molar-refractivity contribution in [2.45, 2.75) is 22.7 Å². The third-order valence-electron chi connectivity index (χ3n) is 1.98. The quantitative estimate of drug-likeness (QED) is 0.334. The van der Waals surface area contributed by atoms with Gasteiger partial charge in [0.05, 0.1) is 11.5 Å². The van der Waals surface area contributed by atoms with E-state index in [1.54, 1.807) is 0 Å². The minimum absolute atomic E-state index is 0.0233. The molecule has 0 atom stereocenters. The lowest BCUT2D eigenvalue weighted by Gasteiger charge is -2.03. The van der Waals surface area contributed by atoms with Crippen molar-refractivity contribution in [3.63, 3.8) is 0 Å². The number of rotatable bonds is 4. The van der Waals surface area contributed by atoms with Crippen molar-refractivity contribution in [3.05, 3.63) is 40.0 Å². The Hall–Kier alpha value is -1.47. The summed E-state index contributed by atoms with van der Waals surface area (Å²) < 4.78 is 70.3. The van der Waals surface area contributed by atoms with E-state index >= 15 is 0 Å². The van der Waals surface area contributed by atoms with E-state index in [-0.39, 0.29) is 15.5 Å².